The molecule has 0 aromatic heterocycles. The number of ether oxygens (including phenoxy) is 1. The summed E-state index contributed by atoms with van der Waals surface area (Å²) >= 11 is 0. The molecule has 0 aliphatic carbocycles. The largest absolute Gasteiger partial charge is 0.494 e. The standard InChI is InChI=1S/C14H18F3NO/c1-4-6-7-19-11-8-12(14(15,16)17)10(3)13(9-11)18-5-2/h5,8-9H,4,6-7H2,1-3H3. The monoisotopic (exact) mass is 273 g/mol. The summed E-state index contributed by atoms with van der Waals surface area (Å²) in [5.74, 6) is 0.215. The molecule has 0 N–H and O–H groups in total. The fraction of sp³-hybridized carbons (Fsp3) is 0.500. The molecule has 0 fully saturated rings. The Labute approximate surface area is 111 Å². The third kappa shape index (κ3) is 4.26. The highest BCUT2D eigenvalue weighted by Gasteiger charge is 2.34. The maximum atomic E-state index is 12.9. The van der Waals surface area contributed by atoms with Crippen LogP contribution in [0.25, 0.3) is 0 Å². The second-order valence-corrected chi connectivity index (χ2v) is 4.20. The molecule has 2 nitrogen and oxygen atoms in total. The molecule has 0 saturated heterocycles. The van der Waals surface area contributed by atoms with Gasteiger partial charge in [0.1, 0.15) is 5.75 Å². The molecule has 5 heteroatoms. The summed E-state index contributed by atoms with van der Waals surface area (Å²) < 4.78 is 44.1. The predicted molar refractivity (Wildman–Crippen MR) is 70.4 cm³/mol. The number of halogens is 3. The molecular weight excluding hydrogens is 255 g/mol. The Kier molecular flexibility index (Phi) is 5.39. The summed E-state index contributed by atoms with van der Waals surface area (Å²) in [5, 5.41) is 0. The lowest BCUT2D eigenvalue weighted by molar-refractivity contribution is -0.138. The van der Waals surface area contributed by atoms with Gasteiger partial charge in [0, 0.05) is 12.3 Å². The van der Waals surface area contributed by atoms with Gasteiger partial charge in [-0.25, -0.2) is 0 Å². The van der Waals surface area contributed by atoms with Crippen molar-refractivity contribution in [1.29, 1.82) is 0 Å². The van der Waals surface area contributed by atoms with Crippen molar-refractivity contribution in [3.63, 3.8) is 0 Å². The Balaban J connectivity index is 3.16. The lowest BCUT2D eigenvalue weighted by atomic mass is 10.1. The highest BCUT2D eigenvalue weighted by Crippen LogP contribution is 2.38. The van der Waals surface area contributed by atoms with Crippen LogP contribution in [0.5, 0.6) is 5.75 Å². The Morgan fingerprint density at radius 3 is 2.53 bits per heavy atom. The van der Waals surface area contributed by atoms with Gasteiger partial charge in [-0.2, -0.15) is 13.2 Å². The van der Waals surface area contributed by atoms with Crippen molar-refractivity contribution >= 4 is 11.9 Å². The first-order chi connectivity index (χ1) is 8.90. The van der Waals surface area contributed by atoms with Crippen molar-refractivity contribution in [1.82, 2.24) is 0 Å². The quantitative estimate of drug-likeness (QED) is 0.551. The van der Waals surface area contributed by atoms with Crippen LogP contribution in [0, 0.1) is 6.92 Å². The topological polar surface area (TPSA) is 21.6 Å². The second-order valence-electron chi connectivity index (χ2n) is 4.20. The maximum Gasteiger partial charge on any atom is 0.416 e. The third-order valence-corrected chi connectivity index (χ3v) is 2.69. The van der Waals surface area contributed by atoms with Gasteiger partial charge in [-0.15, -0.1) is 0 Å². The maximum absolute atomic E-state index is 12.9. The zero-order valence-electron chi connectivity index (χ0n) is 11.3. The van der Waals surface area contributed by atoms with Crippen molar-refractivity contribution in [2.45, 2.75) is 39.8 Å². The number of aliphatic imine (C=N–C) groups is 1. The van der Waals surface area contributed by atoms with Gasteiger partial charge in [-0.3, -0.25) is 4.99 Å². The fourth-order valence-corrected chi connectivity index (χ4v) is 1.66. The van der Waals surface area contributed by atoms with Gasteiger partial charge in [0.15, 0.2) is 0 Å². The van der Waals surface area contributed by atoms with E-state index < -0.39 is 11.7 Å². The van der Waals surface area contributed by atoms with Gasteiger partial charge in [0.05, 0.1) is 17.9 Å². The molecule has 0 heterocycles. The number of alkyl halides is 3. The lowest BCUT2D eigenvalue weighted by Crippen LogP contribution is -2.08. The van der Waals surface area contributed by atoms with Crippen molar-refractivity contribution in [3.8, 4) is 5.75 Å². The smallest absolute Gasteiger partial charge is 0.416 e. The van der Waals surface area contributed by atoms with Crippen molar-refractivity contribution < 1.29 is 17.9 Å². The van der Waals surface area contributed by atoms with Crippen LogP contribution in [-0.4, -0.2) is 12.8 Å². The molecule has 1 aromatic carbocycles. The SMILES string of the molecule is CC=Nc1cc(OCCCC)cc(C(F)(F)F)c1C. The minimum atomic E-state index is -4.40. The summed E-state index contributed by atoms with van der Waals surface area (Å²) in [6.07, 6.45) is -1.19. The van der Waals surface area contributed by atoms with E-state index in [9.17, 15) is 13.2 Å². The number of hydrogen-bond donors (Lipinski definition) is 0. The molecule has 0 saturated carbocycles. The van der Waals surface area contributed by atoms with Crippen LogP contribution in [0.4, 0.5) is 18.9 Å². The van der Waals surface area contributed by atoms with E-state index in [1.54, 1.807) is 13.0 Å². The number of nitrogens with zero attached hydrogens (tertiary/aromatic N) is 1. The predicted octanol–water partition coefficient (Wildman–Crippen LogP) is 4.91. The van der Waals surface area contributed by atoms with E-state index in [1.807, 2.05) is 6.92 Å². The van der Waals surface area contributed by atoms with E-state index in [2.05, 4.69) is 4.99 Å². The van der Waals surface area contributed by atoms with Gasteiger partial charge in [0.2, 0.25) is 0 Å². The summed E-state index contributed by atoms with van der Waals surface area (Å²) in [6, 6.07) is 2.58. The molecule has 0 amide bonds. The van der Waals surface area contributed by atoms with Crippen molar-refractivity contribution in [3.05, 3.63) is 23.3 Å². The third-order valence-electron chi connectivity index (χ3n) is 2.69. The van der Waals surface area contributed by atoms with Crippen LogP contribution in [0.2, 0.25) is 0 Å². The van der Waals surface area contributed by atoms with Crippen LogP contribution in [-0.2, 0) is 6.18 Å². The normalized spacial score (nSPS) is 12.1. The molecule has 0 radical (unpaired) electrons. The Bertz CT molecular complexity index is 453. The lowest BCUT2D eigenvalue weighted by Gasteiger charge is -2.15. The Morgan fingerprint density at radius 2 is 2.00 bits per heavy atom. The molecule has 1 rings (SSSR count). The van der Waals surface area contributed by atoms with Crippen molar-refractivity contribution in [2.24, 2.45) is 4.99 Å². The first-order valence-corrected chi connectivity index (χ1v) is 6.23. The molecule has 0 bridgehead atoms. The highest BCUT2D eigenvalue weighted by atomic mass is 19.4. The van der Waals surface area contributed by atoms with Crippen molar-refractivity contribution in [2.75, 3.05) is 6.61 Å². The van der Waals surface area contributed by atoms with E-state index in [1.165, 1.54) is 13.1 Å². The molecule has 0 atom stereocenters. The van der Waals surface area contributed by atoms with Crippen LogP contribution in [0.3, 0.4) is 0 Å². The van der Waals surface area contributed by atoms with Crippen LogP contribution >= 0.6 is 0 Å². The van der Waals surface area contributed by atoms with E-state index >= 15 is 0 Å². The Hall–Kier alpha value is -1.52. The number of benzene rings is 1. The van der Waals surface area contributed by atoms with Crippen LogP contribution in [0.1, 0.15) is 37.8 Å². The van der Waals surface area contributed by atoms with Gasteiger partial charge in [0.25, 0.3) is 0 Å². The highest BCUT2D eigenvalue weighted by molar-refractivity contribution is 5.65. The van der Waals surface area contributed by atoms with Gasteiger partial charge >= 0.3 is 6.18 Å². The minimum absolute atomic E-state index is 0.119. The number of hydrogen-bond acceptors (Lipinski definition) is 2. The number of unbranched alkanes of at least 4 members (excludes halogenated alkanes) is 1. The molecular formula is C14H18F3NO. The molecule has 0 aliphatic rings. The zero-order chi connectivity index (χ0) is 14.5. The first-order valence-electron chi connectivity index (χ1n) is 6.23. The van der Waals surface area contributed by atoms with Gasteiger partial charge in [-0.05, 0) is 31.9 Å². The van der Waals surface area contributed by atoms with Crippen LogP contribution in [0.15, 0.2) is 17.1 Å². The second kappa shape index (κ2) is 6.59. The summed E-state index contributed by atoms with van der Waals surface area (Å²) in [6.45, 7) is 5.48. The first kappa shape index (κ1) is 15.5. The zero-order valence-corrected chi connectivity index (χ0v) is 11.3. The summed E-state index contributed by atoms with van der Waals surface area (Å²) in [5.41, 5.74) is -0.278. The average molecular weight is 273 g/mol. The molecule has 106 valence electrons. The van der Waals surface area contributed by atoms with E-state index in [0.29, 0.717) is 12.3 Å². The molecule has 1 aromatic rings. The van der Waals surface area contributed by atoms with Crippen LogP contribution < -0.4 is 4.74 Å². The fourth-order valence-electron chi connectivity index (χ4n) is 1.66. The Morgan fingerprint density at radius 1 is 1.32 bits per heavy atom. The van der Waals surface area contributed by atoms with E-state index in [0.717, 1.165) is 18.9 Å². The van der Waals surface area contributed by atoms with E-state index in [4.69, 9.17) is 4.74 Å². The van der Waals surface area contributed by atoms with E-state index in [-0.39, 0.29) is 11.3 Å². The minimum Gasteiger partial charge on any atom is -0.494 e. The molecule has 0 spiro atoms. The molecule has 19 heavy (non-hydrogen) atoms. The number of rotatable bonds is 5. The van der Waals surface area contributed by atoms with Gasteiger partial charge < -0.3 is 4.74 Å². The summed E-state index contributed by atoms with van der Waals surface area (Å²) in [4.78, 5) is 3.96. The molecule has 0 aliphatic heterocycles. The summed E-state index contributed by atoms with van der Waals surface area (Å²) in [7, 11) is 0. The average Bonchev–Trinajstić information content (AvgIpc) is 2.32. The molecule has 0 unspecified atom stereocenters. The van der Waals surface area contributed by atoms with Gasteiger partial charge in [-0.1, -0.05) is 13.3 Å².